The van der Waals surface area contributed by atoms with Crippen LogP contribution < -0.4 is 10.6 Å². The molecule has 2 N–H and O–H groups in total. The van der Waals surface area contributed by atoms with Crippen LogP contribution in [-0.4, -0.2) is 31.6 Å². The van der Waals surface area contributed by atoms with Crippen LogP contribution in [0.2, 0.25) is 0 Å². The molecule has 1 saturated carbocycles. The molecule has 1 aromatic carbocycles. The molecule has 0 saturated heterocycles. The fourth-order valence-electron chi connectivity index (χ4n) is 1.77. The Morgan fingerprint density at radius 1 is 1.37 bits per heavy atom. The van der Waals surface area contributed by atoms with E-state index >= 15 is 0 Å². The summed E-state index contributed by atoms with van der Waals surface area (Å²) in [5.74, 6) is -0.447. The van der Waals surface area contributed by atoms with Crippen molar-refractivity contribution >= 4 is 17.6 Å². The lowest BCUT2D eigenvalue weighted by molar-refractivity contribution is -0.115. The number of esters is 1. The first-order chi connectivity index (χ1) is 9.10. The number of methoxy groups -OCH3 is 1. The third-order valence-electron chi connectivity index (χ3n) is 3.05. The molecule has 19 heavy (non-hydrogen) atoms. The monoisotopic (exact) mass is 262 g/mol. The lowest BCUT2D eigenvalue weighted by Gasteiger charge is -2.10. The predicted octanol–water partition coefficient (Wildman–Crippen LogP) is 1.47. The predicted molar refractivity (Wildman–Crippen MR) is 72.2 cm³/mol. The summed E-state index contributed by atoms with van der Waals surface area (Å²) < 4.78 is 4.65. The number of amides is 1. The summed E-state index contributed by atoms with van der Waals surface area (Å²) in [7, 11) is 1.34. The minimum Gasteiger partial charge on any atom is -0.465 e. The highest BCUT2D eigenvalue weighted by Gasteiger charge is 2.21. The smallest absolute Gasteiger partial charge is 0.337 e. The minimum absolute atomic E-state index is 0.0687. The van der Waals surface area contributed by atoms with E-state index in [9.17, 15) is 9.59 Å². The Morgan fingerprint density at radius 3 is 2.68 bits per heavy atom. The van der Waals surface area contributed by atoms with Gasteiger partial charge in [-0.2, -0.15) is 0 Å². The average molecular weight is 262 g/mol. The Bertz CT molecular complexity index is 495. The van der Waals surface area contributed by atoms with Crippen molar-refractivity contribution < 1.29 is 14.3 Å². The van der Waals surface area contributed by atoms with Crippen LogP contribution in [0.3, 0.4) is 0 Å². The number of anilines is 1. The lowest BCUT2D eigenvalue weighted by Crippen LogP contribution is -2.29. The van der Waals surface area contributed by atoms with E-state index in [0.29, 0.717) is 18.2 Å². The van der Waals surface area contributed by atoms with Crippen LogP contribution in [0.5, 0.6) is 0 Å². The molecule has 1 aliphatic rings. The standard InChI is InChI=1S/C14H18N2O3/c1-9-7-10(14(18)19-2)3-6-12(9)16-13(17)8-15-11-4-5-11/h3,6-7,11,15H,4-5,8H2,1-2H3,(H,16,17). The highest BCUT2D eigenvalue weighted by atomic mass is 16.5. The number of nitrogens with one attached hydrogen (secondary N) is 2. The van der Waals surface area contributed by atoms with Crippen molar-refractivity contribution in [1.82, 2.24) is 5.32 Å². The first-order valence-electron chi connectivity index (χ1n) is 6.32. The molecule has 1 fully saturated rings. The highest BCUT2D eigenvalue weighted by Crippen LogP contribution is 2.19. The van der Waals surface area contributed by atoms with E-state index in [4.69, 9.17) is 0 Å². The number of aryl methyl sites for hydroxylation is 1. The maximum absolute atomic E-state index is 11.7. The third-order valence-corrected chi connectivity index (χ3v) is 3.05. The summed E-state index contributed by atoms with van der Waals surface area (Å²) >= 11 is 0. The van der Waals surface area contributed by atoms with Crippen molar-refractivity contribution in [1.29, 1.82) is 0 Å². The minimum atomic E-state index is -0.378. The first kappa shape index (κ1) is 13.5. The van der Waals surface area contributed by atoms with Crippen LogP contribution in [0.1, 0.15) is 28.8 Å². The Labute approximate surface area is 112 Å². The van der Waals surface area contributed by atoms with Crippen LogP contribution in [0.25, 0.3) is 0 Å². The second-order valence-electron chi connectivity index (χ2n) is 4.72. The van der Waals surface area contributed by atoms with E-state index in [1.54, 1.807) is 18.2 Å². The topological polar surface area (TPSA) is 67.4 Å². The molecule has 1 amide bonds. The van der Waals surface area contributed by atoms with E-state index in [-0.39, 0.29) is 11.9 Å². The Hall–Kier alpha value is -1.88. The van der Waals surface area contributed by atoms with Gasteiger partial charge in [0.2, 0.25) is 5.91 Å². The largest absolute Gasteiger partial charge is 0.465 e. The van der Waals surface area contributed by atoms with E-state index in [0.717, 1.165) is 24.1 Å². The number of hydrogen-bond acceptors (Lipinski definition) is 4. The Morgan fingerprint density at radius 2 is 2.11 bits per heavy atom. The summed E-state index contributed by atoms with van der Waals surface area (Å²) in [5, 5.41) is 5.97. The maximum atomic E-state index is 11.7. The number of ether oxygens (including phenoxy) is 1. The average Bonchev–Trinajstić information content (AvgIpc) is 3.22. The van der Waals surface area contributed by atoms with Crippen LogP contribution in [0, 0.1) is 6.92 Å². The van der Waals surface area contributed by atoms with Gasteiger partial charge in [-0.15, -0.1) is 0 Å². The van der Waals surface area contributed by atoms with Gasteiger partial charge in [0.25, 0.3) is 0 Å². The van der Waals surface area contributed by atoms with Gasteiger partial charge in [-0.3, -0.25) is 4.79 Å². The SMILES string of the molecule is COC(=O)c1ccc(NC(=O)CNC2CC2)c(C)c1. The molecule has 5 heteroatoms. The van der Waals surface area contributed by atoms with Gasteiger partial charge < -0.3 is 15.4 Å². The summed E-state index contributed by atoms with van der Waals surface area (Å²) in [6.07, 6.45) is 2.31. The first-order valence-corrected chi connectivity index (χ1v) is 6.32. The zero-order valence-electron chi connectivity index (χ0n) is 11.2. The molecule has 0 radical (unpaired) electrons. The van der Waals surface area contributed by atoms with Gasteiger partial charge in [0.15, 0.2) is 0 Å². The molecule has 0 aromatic heterocycles. The number of rotatable bonds is 5. The quantitative estimate of drug-likeness (QED) is 0.789. The van der Waals surface area contributed by atoms with Crippen LogP contribution >= 0.6 is 0 Å². The van der Waals surface area contributed by atoms with Gasteiger partial charge in [0.05, 0.1) is 19.2 Å². The number of benzene rings is 1. The molecule has 0 aliphatic heterocycles. The maximum Gasteiger partial charge on any atom is 0.337 e. The van der Waals surface area contributed by atoms with E-state index in [1.165, 1.54) is 7.11 Å². The van der Waals surface area contributed by atoms with E-state index in [2.05, 4.69) is 15.4 Å². The lowest BCUT2D eigenvalue weighted by atomic mass is 10.1. The van der Waals surface area contributed by atoms with E-state index in [1.807, 2.05) is 6.92 Å². The fourth-order valence-corrected chi connectivity index (χ4v) is 1.77. The molecule has 1 aromatic rings. The number of carbonyl (C=O) groups excluding carboxylic acids is 2. The Kier molecular flexibility index (Phi) is 4.16. The number of carbonyl (C=O) groups is 2. The second kappa shape index (κ2) is 5.84. The molecular formula is C14H18N2O3. The van der Waals surface area contributed by atoms with Gasteiger partial charge in [-0.05, 0) is 43.5 Å². The van der Waals surface area contributed by atoms with Crippen molar-refractivity contribution in [2.75, 3.05) is 19.0 Å². The molecule has 0 unspecified atom stereocenters. The van der Waals surface area contributed by atoms with Crippen molar-refractivity contribution in [2.45, 2.75) is 25.8 Å². The summed E-state index contributed by atoms with van der Waals surface area (Å²) in [6, 6.07) is 5.57. The van der Waals surface area contributed by atoms with Gasteiger partial charge in [0, 0.05) is 11.7 Å². The molecule has 0 heterocycles. The number of hydrogen-bond donors (Lipinski definition) is 2. The molecular weight excluding hydrogens is 244 g/mol. The summed E-state index contributed by atoms with van der Waals surface area (Å²) in [5.41, 5.74) is 2.03. The van der Waals surface area contributed by atoms with Gasteiger partial charge in [-0.25, -0.2) is 4.79 Å². The van der Waals surface area contributed by atoms with Crippen molar-refractivity contribution in [3.05, 3.63) is 29.3 Å². The fraction of sp³-hybridized carbons (Fsp3) is 0.429. The summed E-state index contributed by atoms with van der Waals surface area (Å²) in [4.78, 5) is 23.1. The van der Waals surface area contributed by atoms with Crippen molar-refractivity contribution in [3.8, 4) is 0 Å². The van der Waals surface area contributed by atoms with E-state index < -0.39 is 0 Å². The molecule has 1 aliphatic carbocycles. The molecule has 102 valence electrons. The normalized spacial score (nSPS) is 14.0. The van der Waals surface area contributed by atoms with Gasteiger partial charge >= 0.3 is 5.97 Å². The van der Waals surface area contributed by atoms with Crippen molar-refractivity contribution in [3.63, 3.8) is 0 Å². The van der Waals surface area contributed by atoms with Crippen LogP contribution in [0.4, 0.5) is 5.69 Å². The molecule has 0 atom stereocenters. The zero-order chi connectivity index (χ0) is 13.8. The van der Waals surface area contributed by atoms with Gasteiger partial charge in [0.1, 0.15) is 0 Å². The van der Waals surface area contributed by atoms with Crippen molar-refractivity contribution in [2.24, 2.45) is 0 Å². The summed E-state index contributed by atoms with van der Waals surface area (Å²) in [6.45, 7) is 2.17. The molecule has 0 bridgehead atoms. The van der Waals surface area contributed by atoms with Crippen LogP contribution in [-0.2, 0) is 9.53 Å². The molecule has 5 nitrogen and oxygen atoms in total. The van der Waals surface area contributed by atoms with Crippen LogP contribution in [0.15, 0.2) is 18.2 Å². The molecule has 0 spiro atoms. The second-order valence-corrected chi connectivity index (χ2v) is 4.72. The third kappa shape index (κ3) is 3.79. The Balaban J connectivity index is 1.95. The van der Waals surface area contributed by atoms with Gasteiger partial charge in [-0.1, -0.05) is 0 Å². The zero-order valence-corrected chi connectivity index (χ0v) is 11.2. The highest BCUT2D eigenvalue weighted by molar-refractivity contribution is 5.95. The molecule has 2 rings (SSSR count).